The minimum atomic E-state index is -5.04. The van der Waals surface area contributed by atoms with Crippen LogP contribution in [-0.2, 0) is 16.8 Å². The summed E-state index contributed by atoms with van der Waals surface area (Å²) in [4.78, 5) is 21.6. The number of benzene rings is 1. The van der Waals surface area contributed by atoms with Crippen molar-refractivity contribution in [2.45, 2.75) is 24.6 Å². The maximum absolute atomic E-state index is 13.7. The Balaban J connectivity index is 1.79. The van der Waals surface area contributed by atoms with E-state index in [2.05, 4.69) is 9.97 Å². The normalized spacial score (nSPS) is 14.0. The van der Waals surface area contributed by atoms with Crippen molar-refractivity contribution in [2.75, 3.05) is 13.6 Å². The third kappa shape index (κ3) is 4.15. The summed E-state index contributed by atoms with van der Waals surface area (Å²) in [6.07, 6.45) is -4.17. The number of aromatic nitrogens is 2. The molecule has 0 saturated carbocycles. The summed E-state index contributed by atoms with van der Waals surface area (Å²) in [5, 5.41) is 9.95. The predicted octanol–water partition coefficient (Wildman–Crippen LogP) is 3.53. The molecule has 0 spiro atoms. The lowest BCUT2D eigenvalue weighted by molar-refractivity contribution is -0.268. The lowest BCUT2D eigenvalue weighted by Gasteiger charge is -2.29. The first-order chi connectivity index (χ1) is 13.2. The molecule has 1 amide bonds. The van der Waals surface area contributed by atoms with Crippen LogP contribution in [0.4, 0.5) is 13.2 Å². The second-order valence-corrected chi connectivity index (χ2v) is 7.44. The highest BCUT2D eigenvalue weighted by molar-refractivity contribution is 7.18. The molecule has 148 valence electrons. The standard InChI is InChI=1S/C19H18F3N3O2S/c1-25(11-9-13-6-4-5-10-23-13)16(26)12-18(27,19(20,21)22)17-24-14-7-2-3-8-15(14)28-17/h2-8,10,27H,9,11-12H2,1H3. The number of carbonyl (C=O) groups is 1. The van der Waals surface area contributed by atoms with E-state index in [0.717, 1.165) is 17.0 Å². The monoisotopic (exact) mass is 409 g/mol. The van der Waals surface area contributed by atoms with E-state index in [1.165, 1.54) is 11.9 Å². The van der Waals surface area contributed by atoms with Gasteiger partial charge < -0.3 is 10.0 Å². The van der Waals surface area contributed by atoms with Crippen LogP contribution < -0.4 is 0 Å². The molecular weight excluding hydrogens is 391 g/mol. The predicted molar refractivity (Wildman–Crippen MR) is 99.8 cm³/mol. The van der Waals surface area contributed by atoms with Crippen LogP contribution in [0.15, 0.2) is 48.7 Å². The number of carbonyl (C=O) groups excluding carboxylic acids is 1. The van der Waals surface area contributed by atoms with E-state index in [4.69, 9.17) is 0 Å². The maximum atomic E-state index is 13.7. The SMILES string of the molecule is CN(CCc1ccccn1)C(=O)CC(O)(c1nc2ccccc2s1)C(F)(F)F. The highest BCUT2D eigenvalue weighted by Crippen LogP contribution is 2.44. The van der Waals surface area contributed by atoms with Crippen molar-refractivity contribution in [1.82, 2.24) is 14.9 Å². The van der Waals surface area contributed by atoms with Crippen LogP contribution in [0.5, 0.6) is 0 Å². The van der Waals surface area contributed by atoms with Crippen LogP contribution in [0.1, 0.15) is 17.1 Å². The number of rotatable bonds is 6. The lowest BCUT2D eigenvalue weighted by Crippen LogP contribution is -2.46. The first-order valence-electron chi connectivity index (χ1n) is 8.50. The molecule has 2 heterocycles. The Morgan fingerprint density at radius 3 is 2.54 bits per heavy atom. The summed E-state index contributed by atoms with van der Waals surface area (Å²) < 4.78 is 41.7. The van der Waals surface area contributed by atoms with Crippen molar-refractivity contribution in [3.05, 3.63) is 59.4 Å². The van der Waals surface area contributed by atoms with Gasteiger partial charge in [0, 0.05) is 31.9 Å². The Kier molecular flexibility index (Phi) is 5.66. The van der Waals surface area contributed by atoms with Crippen molar-refractivity contribution in [1.29, 1.82) is 0 Å². The van der Waals surface area contributed by atoms with Crippen LogP contribution in [-0.4, -0.2) is 45.7 Å². The van der Waals surface area contributed by atoms with Crippen molar-refractivity contribution in [2.24, 2.45) is 0 Å². The van der Waals surface area contributed by atoms with Gasteiger partial charge in [0.15, 0.2) is 0 Å². The molecule has 28 heavy (non-hydrogen) atoms. The van der Waals surface area contributed by atoms with Crippen LogP contribution in [0, 0.1) is 0 Å². The van der Waals surface area contributed by atoms with Gasteiger partial charge in [-0.25, -0.2) is 4.98 Å². The second-order valence-electron chi connectivity index (χ2n) is 6.41. The number of hydrogen-bond donors (Lipinski definition) is 1. The van der Waals surface area contributed by atoms with Gasteiger partial charge in [0.2, 0.25) is 11.5 Å². The van der Waals surface area contributed by atoms with Crippen molar-refractivity contribution < 1.29 is 23.1 Å². The van der Waals surface area contributed by atoms with Crippen LogP contribution >= 0.6 is 11.3 Å². The summed E-state index contributed by atoms with van der Waals surface area (Å²) in [5.41, 5.74) is -2.27. The fourth-order valence-corrected chi connectivity index (χ4v) is 3.73. The fraction of sp³-hybridized carbons (Fsp3) is 0.316. The number of hydrogen-bond acceptors (Lipinski definition) is 5. The number of aliphatic hydroxyl groups is 1. The van der Waals surface area contributed by atoms with Gasteiger partial charge in [0.1, 0.15) is 5.01 Å². The minimum absolute atomic E-state index is 0.184. The molecule has 5 nitrogen and oxygen atoms in total. The van der Waals surface area contributed by atoms with E-state index in [0.29, 0.717) is 16.6 Å². The summed E-state index contributed by atoms with van der Waals surface area (Å²) in [5.74, 6) is -0.824. The van der Waals surface area contributed by atoms with E-state index in [9.17, 15) is 23.1 Å². The lowest BCUT2D eigenvalue weighted by atomic mass is 9.99. The number of fused-ring (bicyclic) bond motifs is 1. The summed E-state index contributed by atoms with van der Waals surface area (Å²) in [6, 6.07) is 11.8. The minimum Gasteiger partial charge on any atom is -0.374 e. The fourth-order valence-electron chi connectivity index (χ4n) is 2.65. The Hall–Kier alpha value is -2.52. The molecule has 1 unspecified atom stereocenters. The van der Waals surface area contributed by atoms with E-state index < -0.39 is 29.1 Å². The number of likely N-dealkylation sites (N-methyl/N-ethyl adjacent to an activating group) is 1. The number of para-hydroxylation sites is 1. The molecule has 0 aliphatic carbocycles. The molecule has 0 radical (unpaired) electrons. The summed E-state index contributed by atoms with van der Waals surface area (Å²) in [6.45, 7) is 0.184. The molecule has 1 aromatic carbocycles. The van der Waals surface area contributed by atoms with E-state index in [1.54, 1.807) is 48.7 Å². The summed E-state index contributed by atoms with van der Waals surface area (Å²) in [7, 11) is 1.40. The average molecular weight is 409 g/mol. The van der Waals surface area contributed by atoms with Gasteiger partial charge in [-0.2, -0.15) is 13.2 Å². The van der Waals surface area contributed by atoms with Gasteiger partial charge in [-0.1, -0.05) is 18.2 Å². The zero-order valence-electron chi connectivity index (χ0n) is 15.0. The van der Waals surface area contributed by atoms with Crippen LogP contribution in [0.25, 0.3) is 10.2 Å². The van der Waals surface area contributed by atoms with E-state index in [1.807, 2.05) is 0 Å². The van der Waals surface area contributed by atoms with Crippen LogP contribution in [0.2, 0.25) is 0 Å². The van der Waals surface area contributed by atoms with Gasteiger partial charge in [0.25, 0.3) is 0 Å². The van der Waals surface area contributed by atoms with Gasteiger partial charge in [-0.15, -0.1) is 11.3 Å². The van der Waals surface area contributed by atoms with Gasteiger partial charge in [-0.3, -0.25) is 9.78 Å². The molecule has 0 fully saturated rings. The van der Waals surface area contributed by atoms with Gasteiger partial charge >= 0.3 is 6.18 Å². The molecule has 3 rings (SSSR count). The zero-order chi connectivity index (χ0) is 20.4. The molecule has 1 N–H and O–H groups in total. The van der Waals surface area contributed by atoms with E-state index in [-0.39, 0.29) is 6.54 Å². The maximum Gasteiger partial charge on any atom is 0.424 e. The second kappa shape index (κ2) is 7.84. The number of amides is 1. The first kappa shape index (κ1) is 20.2. The molecule has 0 bridgehead atoms. The number of alkyl halides is 3. The molecule has 9 heteroatoms. The van der Waals surface area contributed by atoms with Gasteiger partial charge in [-0.05, 0) is 24.3 Å². The Morgan fingerprint density at radius 1 is 1.18 bits per heavy atom. The largest absolute Gasteiger partial charge is 0.424 e. The summed E-state index contributed by atoms with van der Waals surface area (Å²) >= 11 is 0.733. The van der Waals surface area contributed by atoms with Crippen molar-refractivity contribution >= 4 is 27.5 Å². The topological polar surface area (TPSA) is 66.3 Å². The number of nitrogens with zero attached hydrogens (tertiary/aromatic N) is 3. The van der Waals surface area contributed by atoms with Gasteiger partial charge in [0.05, 0.1) is 16.6 Å². The van der Waals surface area contributed by atoms with Crippen molar-refractivity contribution in [3.8, 4) is 0 Å². The smallest absolute Gasteiger partial charge is 0.374 e. The third-order valence-corrected chi connectivity index (χ3v) is 5.57. The Bertz CT molecular complexity index is 929. The molecule has 2 aromatic heterocycles. The molecule has 0 saturated heterocycles. The zero-order valence-corrected chi connectivity index (χ0v) is 15.8. The molecule has 0 aliphatic heterocycles. The highest BCUT2D eigenvalue weighted by atomic mass is 32.1. The molecule has 0 aliphatic rings. The first-order valence-corrected chi connectivity index (χ1v) is 9.31. The Labute approximate surface area is 163 Å². The number of halogens is 3. The molecule has 1 atom stereocenters. The van der Waals surface area contributed by atoms with Crippen molar-refractivity contribution in [3.63, 3.8) is 0 Å². The van der Waals surface area contributed by atoms with E-state index >= 15 is 0 Å². The average Bonchev–Trinajstić information content (AvgIpc) is 3.10. The molecule has 3 aromatic rings. The Morgan fingerprint density at radius 2 is 1.89 bits per heavy atom. The number of thiazole rings is 1. The molecular formula is C19H18F3N3O2S. The van der Waals surface area contributed by atoms with Crippen LogP contribution in [0.3, 0.4) is 0 Å². The highest BCUT2D eigenvalue weighted by Gasteiger charge is 2.58. The third-order valence-electron chi connectivity index (χ3n) is 4.38. The quantitative estimate of drug-likeness (QED) is 0.676. The number of pyridine rings is 1.